The van der Waals surface area contributed by atoms with E-state index in [0.717, 1.165) is 23.4 Å². The molecule has 1 aromatic heterocycles. The Labute approximate surface area is 437 Å². The lowest BCUT2D eigenvalue weighted by Crippen LogP contribution is -2.49. The standard InChI is InChI=1S/C54H78N8O13/c1-32(2)24-37(54(75)62-44(46(66)19-20-50(57)70)26-38-30-58-41-12-5-4-11-40(38)41)29-48(68)43(25-34-14-17-39(65)18-15-34)61-52(73)35(10-6-8-22-55)27-47(67)42(13-7-9-23-56)60-53(74)36(16-21-51(71)72)28-49(69)45(31-63)59-33(3)64/h4-5,11-12,14-15,17-18,30,32,35-37,42-45,58,63,65H,6-10,13,16,19-29,31,55-56H2,1-3H3,(H2,57,70)(H,59,64)(H,60,74)(H,61,73)(H,62,75)(H,71,72)/t35-,36-,37-,42+,43+,44+,45+/m1/s1. The number of nitrogens with one attached hydrogen (secondary N) is 5. The van der Waals surface area contributed by atoms with Gasteiger partial charge in [0.1, 0.15) is 11.8 Å². The Bertz CT molecular complexity index is 2400. The molecular formula is C54H78N8O13. The Morgan fingerprint density at radius 1 is 0.600 bits per heavy atom. The summed E-state index contributed by atoms with van der Waals surface area (Å²) in [6.07, 6.45) is 1.24. The summed E-state index contributed by atoms with van der Waals surface area (Å²) >= 11 is 0. The molecule has 1 heterocycles. The number of phenolic OH excluding ortho intramolecular Hbond substituents is 1. The first kappa shape index (κ1) is 62.5. The molecule has 21 heteroatoms. The van der Waals surface area contributed by atoms with Crippen molar-refractivity contribution in [3.63, 3.8) is 0 Å². The highest BCUT2D eigenvalue weighted by molar-refractivity contribution is 5.98. The summed E-state index contributed by atoms with van der Waals surface area (Å²) in [4.78, 5) is 137. The molecule has 5 amide bonds. The van der Waals surface area contributed by atoms with E-state index in [2.05, 4.69) is 26.3 Å². The van der Waals surface area contributed by atoms with Crippen LogP contribution in [0.4, 0.5) is 0 Å². The quantitative estimate of drug-likeness (QED) is 0.0367. The summed E-state index contributed by atoms with van der Waals surface area (Å²) < 4.78 is 0. The van der Waals surface area contributed by atoms with Gasteiger partial charge >= 0.3 is 5.97 Å². The number of aromatic hydroxyl groups is 1. The number of hydrogen-bond acceptors (Lipinski definition) is 14. The summed E-state index contributed by atoms with van der Waals surface area (Å²) in [7, 11) is 0. The van der Waals surface area contributed by atoms with E-state index in [-0.39, 0.29) is 82.5 Å². The number of para-hydroxylation sites is 1. The average Bonchev–Trinajstić information content (AvgIpc) is 3.77. The van der Waals surface area contributed by atoms with E-state index >= 15 is 0 Å². The van der Waals surface area contributed by atoms with Crippen molar-refractivity contribution in [2.75, 3.05) is 19.7 Å². The van der Waals surface area contributed by atoms with E-state index < -0.39 is 126 Å². The number of benzene rings is 2. The van der Waals surface area contributed by atoms with E-state index in [1.54, 1.807) is 18.3 Å². The average molecular weight is 1050 g/mol. The highest BCUT2D eigenvalue weighted by Crippen LogP contribution is 2.25. The second-order valence-electron chi connectivity index (χ2n) is 19.7. The lowest BCUT2D eigenvalue weighted by molar-refractivity contribution is -0.139. The number of fused-ring (bicyclic) bond motifs is 1. The van der Waals surface area contributed by atoms with Crippen molar-refractivity contribution in [2.45, 2.75) is 148 Å². The fourth-order valence-electron chi connectivity index (χ4n) is 8.94. The normalized spacial score (nSPS) is 14.1. The third-order valence-corrected chi connectivity index (χ3v) is 13.0. The van der Waals surface area contributed by atoms with Crippen LogP contribution in [-0.4, -0.2) is 123 Å². The molecule has 0 saturated carbocycles. The Balaban J connectivity index is 1.97. The maximum absolute atomic E-state index is 14.7. The van der Waals surface area contributed by atoms with Gasteiger partial charge in [-0.1, -0.05) is 50.6 Å². The van der Waals surface area contributed by atoms with Gasteiger partial charge in [0.25, 0.3) is 0 Å². The number of aromatic nitrogens is 1. The third kappa shape index (κ3) is 22.3. The van der Waals surface area contributed by atoms with Crippen molar-refractivity contribution in [3.8, 4) is 5.75 Å². The van der Waals surface area contributed by atoms with Crippen LogP contribution in [-0.2, 0) is 60.8 Å². The van der Waals surface area contributed by atoms with Crippen LogP contribution in [0, 0.1) is 23.7 Å². The number of rotatable bonds is 38. The van der Waals surface area contributed by atoms with Crippen LogP contribution in [0.25, 0.3) is 10.9 Å². The molecule has 0 aliphatic rings. The van der Waals surface area contributed by atoms with E-state index in [0.29, 0.717) is 31.2 Å². The maximum Gasteiger partial charge on any atom is 0.303 e. The molecule has 0 unspecified atom stereocenters. The molecule has 14 N–H and O–H groups in total. The highest BCUT2D eigenvalue weighted by atomic mass is 16.4. The number of primary amides is 1. The van der Waals surface area contributed by atoms with Crippen LogP contribution in [0.5, 0.6) is 5.75 Å². The minimum atomic E-state index is -1.36. The second-order valence-corrected chi connectivity index (χ2v) is 19.7. The molecule has 75 heavy (non-hydrogen) atoms. The first-order valence-electron chi connectivity index (χ1n) is 25.8. The Kier molecular flexibility index (Phi) is 27.0. The van der Waals surface area contributed by atoms with Crippen LogP contribution in [0.15, 0.2) is 54.7 Å². The number of carbonyl (C=O) groups is 10. The van der Waals surface area contributed by atoms with Crippen LogP contribution in [0.1, 0.15) is 122 Å². The third-order valence-electron chi connectivity index (χ3n) is 13.0. The topological polar surface area (TPSA) is 373 Å². The number of aliphatic hydroxyl groups excluding tert-OH is 1. The predicted octanol–water partition coefficient (Wildman–Crippen LogP) is 2.34. The zero-order valence-electron chi connectivity index (χ0n) is 43.4. The summed E-state index contributed by atoms with van der Waals surface area (Å²) in [5.41, 5.74) is 19.1. The monoisotopic (exact) mass is 1050 g/mol. The van der Waals surface area contributed by atoms with Crippen molar-refractivity contribution in [1.82, 2.24) is 26.3 Å². The Morgan fingerprint density at radius 2 is 1.13 bits per heavy atom. The molecule has 0 saturated heterocycles. The van der Waals surface area contributed by atoms with Gasteiger partial charge in [0.15, 0.2) is 23.1 Å². The molecule has 0 bridgehead atoms. The summed E-state index contributed by atoms with van der Waals surface area (Å²) in [6, 6.07) is 8.49. The van der Waals surface area contributed by atoms with E-state index in [4.69, 9.17) is 17.2 Å². The number of nitrogens with two attached hydrogens (primary N) is 3. The van der Waals surface area contributed by atoms with Crippen molar-refractivity contribution in [3.05, 3.63) is 65.9 Å². The molecule has 0 fully saturated rings. The number of H-pyrrole nitrogens is 1. The molecule has 7 atom stereocenters. The zero-order valence-corrected chi connectivity index (χ0v) is 43.4. The number of carboxylic acid groups (broad SMARTS) is 1. The molecule has 0 aliphatic carbocycles. The molecule has 412 valence electrons. The summed E-state index contributed by atoms with van der Waals surface area (Å²) in [6.45, 7) is 4.64. The number of carboxylic acids is 1. The largest absolute Gasteiger partial charge is 0.508 e. The fraction of sp³-hybridized carbons (Fsp3) is 0.556. The van der Waals surface area contributed by atoms with Gasteiger partial charge in [0, 0.05) is 86.7 Å². The van der Waals surface area contributed by atoms with Crippen molar-refractivity contribution < 1.29 is 63.3 Å². The van der Waals surface area contributed by atoms with Gasteiger partial charge in [-0.15, -0.1) is 0 Å². The first-order valence-corrected chi connectivity index (χ1v) is 25.8. The number of aromatic amines is 1. The van der Waals surface area contributed by atoms with Gasteiger partial charge in [-0.2, -0.15) is 0 Å². The highest BCUT2D eigenvalue weighted by Gasteiger charge is 2.35. The molecule has 2 aromatic carbocycles. The van der Waals surface area contributed by atoms with E-state index in [1.807, 2.05) is 38.1 Å². The molecule has 0 radical (unpaired) electrons. The van der Waals surface area contributed by atoms with E-state index in [9.17, 15) is 63.3 Å². The number of hydrogen-bond donors (Lipinski definition) is 11. The predicted molar refractivity (Wildman–Crippen MR) is 279 cm³/mol. The van der Waals surface area contributed by atoms with Gasteiger partial charge in [-0.05, 0) is 99.7 Å². The molecule has 21 nitrogen and oxygen atoms in total. The SMILES string of the molecule is CC(=O)N[C@@H](CO)C(=O)C[C@@H](CCC(=O)O)C(=O)N[C@@H](CCCCN)C(=O)C[C@@H](CCCCN)C(=O)N[C@@H](Cc1ccc(O)cc1)C(=O)C[C@@H](CC(C)C)C(=O)N[C@@H](Cc1c[nH]c2ccccc12)C(=O)CCC(N)=O. The minimum Gasteiger partial charge on any atom is -0.508 e. The molecule has 0 aliphatic heterocycles. The lowest BCUT2D eigenvalue weighted by atomic mass is 9.87. The number of aliphatic carboxylic acids is 1. The zero-order chi connectivity index (χ0) is 55.6. The van der Waals surface area contributed by atoms with Crippen LogP contribution in [0.2, 0.25) is 0 Å². The van der Waals surface area contributed by atoms with Crippen LogP contribution in [0.3, 0.4) is 0 Å². The molecule has 0 spiro atoms. The number of Topliss-reactive ketones (excluding diaryl/α,β-unsaturated/α-hetero) is 4. The number of phenols is 1. The minimum absolute atomic E-state index is 0.0439. The Morgan fingerprint density at radius 3 is 1.71 bits per heavy atom. The van der Waals surface area contributed by atoms with Gasteiger partial charge in [0.05, 0.1) is 24.7 Å². The number of ketones is 4. The smallest absolute Gasteiger partial charge is 0.303 e. The number of unbranched alkanes of at least 4 members (excludes halogenated alkanes) is 2. The summed E-state index contributed by atoms with van der Waals surface area (Å²) in [5, 5.41) is 40.8. The van der Waals surface area contributed by atoms with Crippen LogP contribution < -0.4 is 38.5 Å². The number of aliphatic hydroxyl groups is 1. The van der Waals surface area contributed by atoms with Crippen molar-refractivity contribution in [2.24, 2.45) is 40.9 Å². The van der Waals surface area contributed by atoms with Gasteiger partial charge in [0.2, 0.25) is 29.5 Å². The summed E-state index contributed by atoms with van der Waals surface area (Å²) in [5.74, 6) is -10.4. The van der Waals surface area contributed by atoms with Gasteiger partial charge in [-0.25, -0.2) is 0 Å². The number of amides is 5. The molecule has 3 aromatic rings. The number of carbonyl (C=O) groups excluding carboxylic acids is 9. The Hall–Kier alpha value is -6.84. The molecule has 3 rings (SSSR count). The molecular weight excluding hydrogens is 969 g/mol. The van der Waals surface area contributed by atoms with Crippen LogP contribution >= 0.6 is 0 Å². The fourth-order valence-corrected chi connectivity index (χ4v) is 8.94. The van der Waals surface area contributed by atoms with E-state index in [1.165, 1.54) is 12.1 Å². The lowest BCUT2D eigenvalue weighted by Gasteiger charge is -2.27. The second kappa shape index (κ2) is 32.5. The van der Waals surface area contributed by atoms with Crippen molar-refractivity contribution in [1.29, 1.82) is 0 Å². The van der Waals surface area contributed by atoms with Gasteiger partial charge in [-0.3, -0.25) is 47.9 Å². The van der Waals surface area contributed by atoms with Crippen molar-refractivity contribution >= 4 is 69.5 Å². The first-order chi connectivity index (χ1) is 35.6. The van der Waals surface area contributed by atoms with Gasteiger partial charge < -0.3 is 58.8 Å². The maximum atomic E-state index is 14.7.